The Balaban J connectivity index is 1.66. The zero-order chi connectivity index (χ0) is 15.8. The number of anilines is 1. The molecule has 1 aromatic carbocycles. The number of benzene rings is 1. The van der Waals surface area contributed by atoms with Gasteiger partial charge in [0.1, 0.15) is 12.4 Å². The highest BCUT2D eigenvalue weighted by Gasteiger charge is 2.22. The molecule has 5 nitrogen and oxygen atoms in total. The lowest BCUT2D eigenvalue weighted by Crippen LogP contribution is -2.11. The molecule has 2 aromatic heterocycles. The Morgan fingerprint density at radius 3 is 3.00 bits per heavy atom. The van der Waals surface area contributed by atoms with Crippen molar-refractivity contribution in [3.63, 3.8) is 0 Å². The summed E-state index contributed by atoms with van der Waals surface area (Å²) in [7, 11) is 0. The first-order valence-electron chi connectivity index (χ1n) is 7.02. The summed E-state index contributed by atoms with van der Waals surface area (Å²) in [4.78, 5) is 18.0. The minimum Gasteiger partial charge on any atom is -0.504 e. The Labute approximate surface area is 136 Å². The molecule has 1 aliphatic heterocycles. The first-order chi connectivity index (χ1) is 11.2. The van der Waals surface area contributed by atoms with Gasteiger partial charge >= 0.3 is 0 Å². The fraction of sp³-hybridized carbons (Fsp3) is 0.0588. The molecule has 0 saturated heterocycles. The number of thiophene rings is 1. The molecule has 0 bridgehead atoms. The summed E-state index contributed by atoms with van der Waals surface area (Å²) in [6, 6.07) is 12.7. The molecule has 1 aliphatic rings. The second kappa shape index (κ2) is 5.40. The summed E-state index contributed by atoms with van der Waals surface area (Å²) in [6.45, 7) is 0.449. The van der Waals surface area contributed by atoms with Gasteiger partial charge < -0.3 is 15.2 Å². The molecule has 1 amide bonds. The quantitative estimate of drug-likeness (QED) is 0.754. The summed E-state index contributed by atoms with van der Waals surface area (Å²) in [5, 5.41) is 12.3. The number of nitrogens with zero attached hydrogens (tertiary/aromatic N) is 1. The minimum absolute atomic E-state index is 0.0594. The third-order valence-electron chi connectivity index (χ3n) is 3.57. The maximum Gasteiger partial charge on any atom is 0.267 e. The van der Waals surface area contributed by atoms with E-state index in [1.807, 2.05) is 30.3 Å². The molecule has 4 rings (SSSR count). The summed E-state index contributed by atoms with van der Waals surface area (Å²) in [6.07, 6.45) is 1.51. The zero-order valence-corrected chi connectivity index (χ0v) is 12.8. The lowest BCUT2D eigenvalue weighted by molar-refractivity contribution is 0.102. The van der Waals surface area contributed by atoms with Crippen LogP contribution in [0.3, 0.4) is 0 Å². The largest absolute Gasteiger partial charge is 0.504 e. The number of carbonyl (C=O) groups is 1. The normalized spacial score (nSPS) is 12.0. The average Bonchev–Trinajstić information content (AvgIpc) is 3.02. The highest BCUT2D eigenvalue weighted by molar-refractivity contribution is 7.17. The first-order valence-corrected chi connectivity index (χ1v) is 7.84. The number of ether oxygens (including phenoxy) is 1. The van der Waals surface area contributed by atoms with Crippen LogP contribution in [-0.4, -0.2) is 16.0 Å². The topological polar surface area (TPSA) is 71.5 Å². The van der Waals surface area contributed by atoms with Gasteiger partial charge in [0.05, 0.1) is 4.88 Å². The molecule has 3 aromatic rings. The number of rotatable bonds is 2. The number of hydrogen-bond acceptors (Lipinski definition) is 5. The van der Waals surface area contributed by atoms with Gasteiger partial charge in [0.25, 0.3) is 5.91 Å². The van der Waals surface area contributed by atoms with Gasteiger partial charge in [-0.25, -0.2) is 4.98 Å². The molecule has 0 fully saturated rings. The van der Waals surface area contributed by atoms with Crippen molar-refractivity contribution in [1.82, 2.24) is 4.98 Å². The maximum atomic E-state index is 12.4. The number of aromatic hydroxyl groups is 1. The van der Waals surface area contributed by atoms with Crippen LogP contribution in [0, 0.1) is 0 Å². The van der Waals surface area contributed by atoms with Crippen LogP contribution in [-0.2, 0) is 6.61 Å². The van der Waals surface area contributed by atoms with E-state index in [4.69, 9.17) is 4.74 Å². The van der Waals surface area contributed by atoms with Crippen LogP contribution in [0.1, 0.15) is 15.2 Å². The molecule has 0 radical (unpaired) electrons. The molecule has 0 unspecified atom stereocenters. The molecule has 114 valence electrons. The highest BCUT2D eigenvalue weighted by Crippen LogP contribution is 2.42. The first kappa shape index (κ1) is 13.8. The van der Waals surface area contributed by atoms with E-state index in [2.05, 4.69) is 10.3 Å². The molecule has 0 aliphatic carbocycles. The molecule has 6 heteroatoms. The van der Waals surface area contributed by atoms with Crippen LogP contribution < -0.4 is 10.1 Å². The van der Waals surface area contributed by atoms with Crippen molar-refractivity contribution in [3.05, 3.63) is 59.1 Å². The van der Waals surface area contributed by atoms with E-state index in [1.54, 1.807) is 6.07 Å². The third-order valence-corrected chi connectivity index (χ3v) is 4.78. The van der Waals surface area contributed by atoms with Crippen LogP contribution in [0.4, 0.5) is 5.82 Å². The fourth-order valence-corrected chi connectivity index (χ4v) is 3.57. The number of fused-ring (bicyclic) bond motifs is 3. The van der Waals surface area contributed by atoms with Gasteiger partial charge in [-0.05, 0) is 30.3 Å². The monoisotopic (exact) mass is 324 g/mol. The summed E-state index contributed by atoms with van der Waals surface area (Å²) in [5.41, 5.74) is 1.99. The van der Waals surface area contributed by atoms with Gasteiger partial charge in [-0.1, -0.05) is 12.1 Å². The van der Waals surface area contributed by atoms with Crippen molar-refractivity contribution in [2.75, 3.05) is 5.32 Å². The number of hydrogen-bond donors (Lipinski definition) is 2. The number of carbonyl (C=O) groups excluding carboxylic acids is 1. The molecular formula is C17H12N2O3S. The zero-order valence-electron chi connectivity index (χ0n) is 11.9. The highest BCUT2D eigenvalue weighted by atomic mass is 32.1. The maximum absolute atomic E-state index is 12.4. The molecule has 0 atom stereocenters. The number of pyridine rings is 1. The molecule has 0 saturated carbocycles. The Bertz CT molecular complexity index is 904. The predicted molar refractivity (Wildman–Crippen MR) is 87.9 cm³/mol. The SMILES string of the molecule is O=C(Nc1ncccc1O)c1cc2c(s1)-c1ccccc1OC2. The van der Waals surface area contributed by atoms with Gasteiger partial charge in [-0.2, -0.15) is 0 Å². The lowest BCUT2D eigenvalue weighted by atomic mass is 10.1. The van der Waals surface area contributed by atoms with Crippen molar-refractivity contribution in [1.29, 1.82) is 0 Å². The van der Waals surface area contributed by atoms with Gasteiger partial charge in [0, 0.05) is 22.2 Å². The van der Waals surface area contributed by atoms with Crippen molar-refractivity contribution < 1.29 is 14.6 Å². The standard InChI is InChI=1S/C17H12N2O3S/c20-12-5-3-7-18-16(12)19-17(21)14-8-10-9-22-13-6-2-1-4-11(13)15(10)23-14/h1-8,20H,9H2,(H,18,19,21). The van der Waals surface area contributed by atoms with Gasteiger partial charge in [0.2, 0.25) is 0 Å². The van der Waals surface area contributed by atoms with Crippen LogP contribution >= 0.6 is 11.3 Å². The van der Waals surface area contributed by atoms with E-state index in [1.165, 1.54) is 23.6 Å². The van der Waals surface area contributed by atoms with Gasteiger partial charge in [0.15, 0.2) is 11.6 Å². The predicted octanol–water partition coefficient (Wildman–Crippen LogP) is 3.66. The Kier molecular flexibility index (Phi) is 3.24. The van der Waals surface area contributed by atoms with Crippen LogP contribution in [0.25, 0.3) is 10.4 Å². The van der Waals surface area contributed by atoms with Crippen molar-refractivity contribution >= 4 is 23.1 Å². The number of nitrogens with one attached hydrogen (secondary N) is 1. The van der Waals surface area contributed by atoms with Gasteiger partial charge in [-0.15, -0.1) is 11.3 Å². The van der Waals surface area contributed by atoms with Crippen molar-refractivity contribution in [3.8, 4) is 21.9 Å². The van der Waals surface area contributed by atoms with E-state index < -0.39 is 0 Å². The number of para-hydroxylation sites is 1. The van der Waals surface area contributed by atoms with Crippen molar-refractivity contribution in [2.45, 2.75) is 6.61 Å². The Morgan fingerprint density at radius 2 is 2.13 bits per heavy atom. The van der Waals surface area contributed by atoms with Gasteiger partial charge in [-0.3, -0.25) is 4.79 Å². The van der Waals surface area contributed by atoms with Crippen LogP contribution in [0.5, 0.6) is 11.5 Å². The number of aromatic nitrogens is 1. The number of amides is 1. The Morgan fingerprint density at radius 1 is 1.26 bits per heavy atom. The van der Waals surface area contributed by atoms with Crippen LogP contribution in [0.2, 0.25) is 0 Å². The minimum atomic E-state index is -0.295. The summed E-state index contributed by atoms with van der Waals surface area (Å²) in [5.74, 6) is 0.628. The summed E-state index contributed by atoms with van der Waals surface area (Å²) >= 11 is 1.41. The second-order valence-corrected chi connectivity index (χ2v) is 6.13. The Hall–Kier alpha value is -2.86. The van der Waals surface area contributed by atoms with Crippen molar-refractivity contribution in [2.24, 2.45) is 0 Å². The molecule has 2 N–H and O–H groups in total. The van der Waals surface area contributed by atoms with E-state index in [-0.39, 0.29) is 17.5 Å². The average molecular weight is 324 g/mol. The molecule has 3 heterocycles. The molecular weight excluding hydrogens is 312 g/mol. The van der Waals surface area contributed by atoms with Crippen LogP contribution in [0.15, 0.2) is 48.7 Å². The second-order valence-electron chi connectivity index (χ2n) is 5.08. The molecule has 0 spiro atoms. The smallest absolute Gasteiger partial charge is 0.267 e. The van der Waals surface area contributed by atoms with E-state index in [0.717, 1.165) is 21.8 Å². The lowest BCUT2D eigenvalue weighted by Gasteiger charge is -2.16. The molecule has 23 heavy (non-hydrogen) atoms. The third kappa shape index (κ3) is 2.43. The fourth-order valence-electron chi connectivity index (χ4n) is 2.47. The van der Waals surface area contributed by atoms with E-state index in [0.29, 0.717) is 11.5 Å². The van der Waals surface area contributed by atoms with E-state index >= 15 is 0 Å². The summed E-state index contributed by atoms with van der Waals surface area (Å²) < 4.78 is 5.70. The van der Waals surface area contributed by atoms with E-state index in [9.17, 15) is 9.90 Å².